The van der Waals surface area contributed by atoms with Crippen LogP contribution in [0.25, 0.3) is 10.8 Å². The Labute approximate surface area is 177 Å². The predicted molar refractivity (Wildman–Crippen MR) is 117 cm³/mol. The lowest BCUT2D eigenvalue weighted by Gasteiger charge is -2.27. The van der Waals surface area contributed by atoms with E-state index in [0.29, 0.717) is 11.5 Å². The highest BCUT2D eigenvalue weighted by Crippen LogP contribution is 2.20. The number of nitrogens with one attached hydrogen (secondary N) is 1. The molecule has 1 N–H and O–H groups in total. The minimum atomic E-state index is -0.268. The van der Waals surface area contributed by atoms with Gasteiger partial charge >= 0.3 is 0 Å². The molecule has 0 fully saturated rings. The lowest BCUT2D eigenvalue weighted by Crippen LogP contribution is -2.38. The van der Waals surface area contributed by atoms with E-state index in [2.05, 4.69) is 10.3 Å². The number of aromatic nitrogens is 1. The van der Waals surface area contributed by atoms with Crippen molar-refractivity contribution in [3.63, 3.8) is 0 Å². The van der Waals surface area contributed by atoms with Crippen molar-refractivity contribution in [1.29, 1.82) is 0 Å². The van der Waals surface area contributed by atoms with Crippen molar-refractivity contribution in [2.45, 2.75) is 59.2 Å². The van der Waals surface area contributed by atoms with E-state index in [4.69, 9.17) is 4.42 Å². The number of carbonyl (C=O) groups is 2. The maximum Gasteiger partial charge on any atom is 0.273 e. The number of fused-ring (bicyclic) bond motifs is 1. The predicted octanol–water partition coefficient (Wildman–Crippen LogP) is 4.80. The number of nitrogens with zero attached hydrogens (tertiary/aromatic N) is 2. The summed E-state index contributed by atoms with van der Waals surface area (Å²) in [4.78, 5) is 31.6. The van der Waals surface area contributed by atoms with E-state index in [1.165, 1.54) is 6.26 Å². The molecular weight excluding hydrogens is 378 g/mol. The van der Waals surface area contributed by atoms with Gasteiger partial charge < -0.3 is 14.6 Å². The van der Waals surface area contributed by atoms with Crippen LogP contribution in [0.15, 0.2) is 53.1 Å². The topological polar surface area (TPSA) is 75.4 Å². The Balaban J connectivity index is 1.81. The molecule has 6 nitrogen and oxygen atoms in total. The summed E-state index contributed by atoms with van der Waals surface area (Å²) in [5.74, 6) is -0.00653. The molecular formula is C24H29N3O3. The maximum atomic E-state index is 13.3. The van der Waals surface area contributed by atoms with Gasteiger partial charge in [0.25, 0.3) is 11.8 Å². The minimum Gasteiger partial charge on any atom is -0.446 e. The molecule has 2 unspecified atom stereocenters. The van der Waals surface area contributed by atoms with Crippen LogP contribution in [0.2, 0.25) is 0 Å². The van der Waals surface area contributed by atoms with Crippen molar-refractivity contribution >= 4 is 22.6 Å². The highest BCUT2D eigenvalue weighted by Gasteiger charge is 2.24. The highest BCUT2D eigenvalue weighted by molar-refractivity contribution is 5.98. The molecule has 0 aliphatic rings. The average Bonchev–Trinajstić information content (AvgIpc) is 3.25. The fraction of sp³-hybridized carbons (Fsp3) is 0.375. The molecule has 0 saturated heterocycles. The van der Waals surface area contributed by atoms with Gasteiger partial charge in [-0.2, -0.15) is 0 Å². The third-order valence-corrected chi connectivity index (χ3v) is 5.46. The van der Waals surface area contributed by atoms with E-state index < -0.39 is 0 Å². The van der Waals surface area contributed by atoms with Crippen molar-refractivity contribution in [1.82, 2.24) is 15.2 Å². The minimum absolute atomic E-state index is 0.00624. The fourth-order valence-electron chi connectivity index (χ4n) is 3.17. The summed E-state index contributed by atoms with van der Waals surface area (Å²) in [7, 11) is 0. The van der Waals surface area contributed by atoms with Gasteiger partial charge in [-0.15, -0.1) is 0 Å². The number of benzene rings is 2. The zero-order valence-corrected chi connectivity index (χ0v) is 18.0. The molecule has 0 bridgehead atoms. The van der Waals surface area contributed by atoms with Crippen LogP contribution in [0.3, 0.4) is 0 Å². The monoisotopic (exact) mass is 407 g/mol. The Morgan fingerprint density at radius 2 is 1.80 bits per heavy atom. The zero-order valence-electron chi connectivity index (χ0n) is 18.0. The summed E-state index contributed by atoms with van der Waals surface area (Å²) in [6, 6.07) is 13.7. The van der Waals surface area contributed by atoms with Crippen LogP contribution < -0.4 is 5.32 Å². The Morgan fingerprint density at radius 3 is 2.50 bits per heavy atom. The van der Waals surface area contributed by atoms with Crippen LogP contribution in [-0.4, -0.2) is 33.8 Å². The lowest BCUT2D eigenvalue weighted by molar-refractivity contribution is 0.0652. The van der Waals surface area contributed by atoms with Gasteiger partial charge in [0.05, 0.1) is 6.54 Å². The number of hydrogen-bond acceptors (Lipinski definition) is 4. The molecule has 30 heavy (non-hydrogen) atoms. The summed E-state index contributed by atoms with van der Waals surface area (Å²) < 4.78 is 5.52. The molecule has 0 aliphatic carbocycles. The SMILES string of the molecule is CCC(C)NC(=O)c1coc(CN(C(=O)c2ccc3ccccc3c2)C(C)CC)n1. The van der Waals surface area contributed by atoms with E-state index in [0.717, 1.165) is 23.6 Å². The summed E-state index contributed by atoms with van der Waals surface area (Å²) in [5.41, 5.74) is 0.850. The summed E-state index contributed by atoms with van der Waals surface area (Å²) in [6.07, 6.45) is 2.97. The summed E-state index contributed by atoms with van der Waals surface area (Å²) >= 11 is 0. The molecule has 2 aromatic carbocycles. The van der Waals surface area contributed by atoms with E-state index >= 15 is 0 Å². The number of oxazole rings is 1. The molecule has 0 spiro atoms. The van der Waals surface area contributed by atoms with E-state index in [1.807, 2.05) is 70.2 Å². The number of hydrogen-bond donors (Lipinski definition) is 1. The number of carbonyl (C=O) groups excluding carboxylic acids is 2. The number of rotatable bonds is 8. The Kier molecular flexibility index (Phi) is 6.87. The lowest BCUT2D eigenvalue weighted by atomic mass is 10.1. The normalized spacial score (nSPS) is 13.1. The summed E-state index contributed by atoms with van der Waals surface area (Å²) in [5, 5.41) is 4.98. The van der Waals surface area contributed by atoms with E-state index in [1.54, 1.807) is 4.90 Å². The first-order valence-electron chi connectivity index (χ1n) is 10.5. The molecule has 2 amide bonds. The van der Waals surface area contributed by atoms with Gasteiger partial charge in [-0.05, 0) is 49.6 Å². The second-order valence-corrected chi connectivity index (χ2v) is 7.66. The van der Waals surface area contributed by atoms with Crippen LogP contribution in [0, 0.1) is 0 Å². The van der Waals surface area contributed by atoms with E-state index in [-0.39, 0.29) is 36.1 Å². The third kappa shape index (κ3) is 4.87. The molecule has 0 aliphatic heterocycles. The number of amides is 2. The van der Waals surface area contributed by atoms with Crippen LogP contribution in [0.4, 0.5) is 0 Å². The van der Waals surface area contributed by atoms with E-state index in [9.17, 15) is 9.59 Å². The van der Waals surface area contributed by atoms with Gasteiger partial charge in [-0.25, -0.2) is 4.98 Å². The Hall–Kier alpha value is -3.15. The highest BCUT2D eigenvalue weighted by atomic mass is 16.3. The van der Waals surface area contributed by atoms with Gasteiger partial charge in [-0.3, -0.25) is 9.59 Å². The molecule has 3 aromatic rings. The fourth-order valence-corrected chi connectivity index (χ4v) is 3.17. The molecule has 1 heterocycles. The Morgan fingerprint density at radius 1 is 1.07 bits per heavy atom. The van der Waals surface area contributed by atoms with Crippen molar-refractivity contribution in [2.24, 2.45) is 0 Å². The second kappa shape index (κ2) is 9.57. The van der Waals surface area contributed by atoms with Crippen LogP contribution in [0.5, 0.6) is 0 Å². The quantitative estimate of drug-likeness (QED) is 0.582. The first-order chi connectivity index (χ1) is 14.4. The standard InChI is InChI=1S/C24H29N3O3/c1-5-16(3)25-23(28)21-15-30-22(26-21)14-27(17(4)6-2)24(29)20-12-11-18-9-7-8-10-19(18)13-20/h7-13,15-17H,5-6,14H2,1-4H3,(H,25,28). The molecule has 3 rings (SSSR count). The van der Waals surface area contributed by atoms with Gasteiger partial charge in [0.15, 0.2) is 5.69 Å². The molecule has 1 aromatic heterocycles. The van der Waals surface area contributed by atoms with Gasteiger partial charge in [0.2, 0.25) is 5.89 Å². The largest absolute Gasteiger partial charge is 0.446 e. The van der Waals surface area contributed by atoms with Crippen molar-refractivity contribution < 1.29 is 14.0 Å². The molecule has 2 atom stereocenters. The second-order valence-electron chi connectivity index (χ2n) is 7.66. The first-order valence-corrected chi connectivity index (χ1v) is 10.5. The van der Waals surface area contributed by atoms with Crippen LogP contribution in [-0.2, 0) is 6.54 Å². The molecule has 0 radical (unpaired) electrons. The molecule has 0 saturated carbocycles. The first kappa shape index (κ1) is 21.6. The van der Waals surface area contributed by atoms with Crippen molar-refractivity contribution in [2.75, 3.05) is 0 Å². The smallest absolute Gasteiger partial charge is 0.273 e. The Bertz CT molecular complexity index is 1030. The average molecular weight is 408 g/mol. The zero-order chi connectivity index (χ0) is 21.7. The van der Waals surface area contributed by atoms with Gasteiger partial charge in [0, 0.05) is 17.6 Å². The third-order valence-electron chi connectivity index (χ3n) is 5.46. The van der Waals surface area contributed by atoms with Crippen molar-refractivity contribution in [3.8, 4) is 0 Å². The van der Waals surface area contributed by atoms with Crippen LogP contribution in [0.1, 0.15) is 67.3 Å². The molecule has 6 heteroatoms. The molecule has 158 valence electrons. The van der Waals surface area contributed by atoms with Gasteiger partial charge in [-0.1, -0.05) is 44.2 Å². The van der Waals surface area contributed by atoms with Crippen molar-refractivity contribution in [3.05, 3.63) is 65.9 Å². The summed E-state index contributed by atoms with van der Waals surface area (Å²) in [6.45, 7) is 8.18. The van der Waals surface area contributed by atoms with Gasteiger partial charge in [0.1, 0.15) is 6.26 Å². The van der Waals surface area contributed by atoms with Crippen LogP contribution >= 0.6 is 0 Å². The maximum absolute atomic E-state index is 13.3.